The first-order valence-electron chi connectivity index (χ1n) is 9.47. The zero-order valence-corrected chi connectivity index (χ0v) is 18.6. The number of benzene rings is 2. The molecule has 6 nitrogen and oxygen atoms in total. The first kappa shape index (κ1) is 20.4. The molecule has 8 heteroatoms. The fourth-order valence-corrected chi connectivity index (χ4v) is 5.12. The molecule has 0 aliphatic heterocycles. The Morgan fingerprint density at radius 2 is 1.93 bits per heavy atom. The third-order valence-corrected chi connectivity index (χ3v) is 6.55. The second-order valence-electron chi connectivity index (χ2n) is 6.70. The maximum absolute atomic E-state index is 12.3. The highest BCUT2D eigenvalue weighted by atomic mass is 32.1. The van der Waals surface area contributed by atoms with Crippen LogP contribution in [0.5, 0.6) is 17.2 Å². The van der Waals surface area contributed by atoms with Crippen molar-refractivity contribution in [2.24, 2.45) is 0 Å². The van der Waals surface area contributed by atoms with E-state index >= 15 is 0 Å². The number of thiazole rings is 1. The Morgan fingerprint density at radius 1 is 1.10 bits per heavy atom. The Labute approximate surface area is 182 Å². The Morgan fingerprint density at radius 3 is 2.73 bits per heavy atom. The van der Waals surface area contributed by atoms with E-state index in [2.05, 4.69) is 10.3 Å². The molecule has 1 N–H and O–H groups in total. The van der Waals surface area contributed by atoms with Gasteiger partial charge in [0.2, 0.25) is 0 Å². The molecular weight excluding hydrogens is 420 g/mol. The summed E-state index contributed by atoms with van der Waals surface area (Å²) >= 11 is 3.27. The van der Waals surface area contributed by atoms with Crippen molar-refractivity contribution in [1.82, 2.24) is 10.3 Å². The minimum absolute atomic E-state index is 0.0276. The molecule has 4 aromatic rings. The van der Waals surface area contributed by atoms with Crippen LogP contribution in [0.1, 0.15) is 10.6 Å². The van der Waals surface area contributed by atoms with Gasteiger partial charge in [-0.25, -0.2) is 4.98 Å². The number of carbonyl (C=O) groups excluding carboxylic acids is 1. The molecule has 30 heavy (non-hydrogen) atoms. The second kappa shape index (κ2) is 8.89. The molecule has 0 bridgehead atoms. The standard InChI is InChI=1S/C22H22N2O4S2/c1-13-24-21-19(30-13)11-17(15-7-9-29-22(15)21)28-12-20(25)23-8-6-14-4-5-16(26-2)18(10-14)27-3/h4-5,7,9-11H,6,8,12H2,1-3H3,(H,23,25). The average Bonchev–Trinajstić information content (AvgIpc) is 3.37. The van der Waals surface area contributed by atoms with E-state index in [9.17, 15) is 4.79 Å². The number of aromatic nitrogens is 1. The van der Waals surface area contributed by atoms with Crippen molar-refractivity contribution in [3.63, 3.8) is 0 Å². The van der Waals surface area contributed by atoms with Crippen LogP contribution in [0, 0.1) is 6.92 Å². The normalized spacial score (nSPS) is 11.0. The van der Waals surface area contributed by atoms with Crippen LogP contribution < -0.4 is 19.5 Å². The molecule has 2 heterocycles. The molecule has 0 aliphatic carbocycles. The lowest BCUT2D eigenvalue weighted by Crippen LogP contribution is -2.30. The smallest absolute Gasteiger partial charge is 0.257 e. The third-order valence-electron chi connectivity index (χ3n) is 4.71. The molecule has 4 rings (SSSR count). The number of hydrogen-bond acceptors (Lipinski definition) is 7. The number of carbonyl (C=O) groups is 1. The highest BCUT2D eigenvalue weighted by molar-refractivity contribution is 7.21. The predicted octanol–water partition coefficient (Wildman–Crippen LogP) is 4.57. The summed E-state index contributed by atoms with van der Waals surface area (Å²) in [5.74, 6) is 1.93. The van der Waals surface area contributed by atoms with Gasteiger partial charge in [-0.05, 0) is 42.5 Å². The number of fused-ring (bicyclic) bond motifs is 3. The van der Waals surface area contributed by atoms with Crippen molar-refractivity contribution in [3.05, 3.63) is 46.3 Å². The van der Waals surface area contributed by atoms with E-state index in [1.54, 1.807) is 36.9 Å². The van der Waals surface area contributed by atoms with Gasteiger partial charge in [-0.1, -0.05) is 6.07 Å². The van der Waals surface area contributed by atoms with Crippen LogP contribution in [-0.4, -0.2) is 38.3 Å². The van der Waals surface area contributed by atoms with Crippen molar-refractivity contribution in [2.45, 2.75) is 13.3 Å². The van der Waals surface area contributed by atoms with Gasteiger partial charge in [0.05, 0.1) is 34.1 Å². The van der Waals surface area contributed by atoms with Crippen LogP contribution in [-0.2, 0) is 11.2 Å². The van der Waals surface area contributed by atoms with Crippen LogP contribution in [0.2, 0.25) is 0 Å². The zero-order valence-electron chi connectivity index (χ0n) is 17.0. The monoisotopic (exact) mass is 442 g/mol. The van der Waals surface area contributed by atoms with Crippen molar-refractivity contribution < 1.29 is 19.0 Å². The van der Waals surface area contributed by atoms with Crippen molar-refractivity contribution in [1.29, 1.82) is 0 Å². The number of methoxy groups -OCH3 is 2. The Bertz CT molecular complexity index is 1200. The lowest BCUT2D eigenvalue weighted by atomic mass is 10.1. The Kier molecular flexibility index (Phi) is 6.06. The van der Waals surface area contributed by atoms with E-state index in [4.69, 9.17) is 14.2 Å². The molecule has 0 fully saturated rings. The lowest BCUT2D eigenvalue weighted by Gasteiger charge is -2.11. The summed E-state index contributed by atoms with van der Waals surface area (Å²) in [6, 6.07) is 9.73. The summed E-state index contributed by atoms with van der Waals surface area (Å²) in [4.78, 5) is 16.9. The van der Waals surface area contributed by atoms with Crippen LogP contribution in [0.15, 0.2) is 35.7 Å². The summed E-state index contributed by atoms with van der Waals surface area (Å²) < 4.78 is 18.6. The largest absolute Gasteiger partial charge is 0.493 e. The van der Waals surface area contributed by atoms with E-state index in [0.29, 0.717) is 24.5 Å². The number of rotatable bonds is 8. The van der Waals surface area contributed by atoms with Crippen molar-refractivity contribution in [3.8, 4) is 17.2 Å². The molecule has 0 radical (unpaired) electrons. The number of thiophene rings is 1. The van der Waals surface area contributed by atoms with Crippen LogP contribution >= 0.6 is 22.7 Å². The second-order valence-corrected chi connectivity index (χ2v) is 8.85. The summed E-state index contributed by atoms with van der Waals surface area (Å²) in [6.45, 7) is 2.48. The topological polar surface area (TPSA) is 69.7 Å². The van der Waals surface area contributed by atoms with Gasteiger partial charge < -0.3 is 19.5 Å². The number of hydrogen-bond donors (Lipinski definition) is 1. The van der Waals surface area contributed by atoms with Gasteiger partial charge in [-0.3, -0.25) is 4.79 Å². The van der Waals surface area contributed by atoms with E-state index < -0.39 is 0 Å². The summed E-state index contributed by atoms with van der Waals surface area (Å²) in [7, 11) is 3.21. The van der Waals surface area contributed by atoms with Gasteiger partial charge in [0, 0.05) is 18.0 Å². The molecule has 0 spiro atoms. The molecule has 0 unspecified atom stereocenters. The molecule has 2 aromatic carbocycles. The van der Waals surface area contributed by atoms with Crippen molar-refractivity contribution >= 4 is 48.9 Å². The van der Waals surface area contributed by atoms with Gasteiger partial charge in [0.15, 0.2) is 18.1 Å². The summed E-state index contributed by atoms with van der Waals surface area (Å²) in [5.41, 5.74) is 2.06. The molecule has 0 aliphatic rings. The number of amides is 1. The van der Waals surface area contributed by atoms with E-state index in [-0.39, 0.29) is 12.5 Å². The molecule has 0 saturated heterocycles. The Hall–Kier alpha value is -2.84. The molecule has 1 amide bonds. The predicted molar refractivity (Wildman–Crippen MR) is 121 cm³/mol. The molecule has 2 aromatic heterocycles. The van der Waals surface area contributed by atoms with Gasteiger partial charge >= 0.3 is 0 Å². The number of aryl methyl sites for hydroxylation is 1. The fourth-order valence-electron chi connectivity index (χ4n) is 3.28. The van der Waals surface area contributed by atoms with Crippen LogP contribution in [0.3, 0.4) is 0 Å². The van der Waals surface area contributed by atoms with Gasteiger partial charge in [0.25, 0.3) is 5.91 Å². The van der Waals surface area contributed by atoms with E-state index in [1.807, 2.05) is 42.6 Å². The van der Waals surface area contributed by atoms with Crippen LogP contribution in [0.25, 0.3) is 20.3 Å². The summed E-state index contributed by atoms with van der Waals surface area (Å²) in [6.07, 6.45) is 0.687. The minimum Gasteiger partial charge on any atom is -0.493 e. The first-order chi connectivity index (χ1) is 14.6. The highest BCUT2D eigenvalue weighted by Crippen LogP contribution is 2.38. The molecular formula is C22H22N2O4S2. The minimum atomic E-state index is -0.153. The third kappa shape index (κ3) is 4.20. The van der Waals surface area contributed by atoms with Gasteiger partial charge in [-0.2, -0.15) is 0 Å². The molecule has 0 saturated carbocycles. The maximum atomic E-state index is 12.3. The Balaban J connectivity index is 1.35. The summed E-state index contributed by atoms with van der Waals surface area (Å²) in [5, 5.41) is 6.94. The van der Waals surface area contributed by atoms with Gasteiger partial charge in [-0.15, -0.1) is 22.7 Å². The lowest BCUT2D eigenvalue weighted by molar-refractivity contribution is -0.123. The van der Waals surface area contributed by atoms with Crippen molar-refractivity contribution in [2.75, 3.05) is 27.4 Å². The average molecular weight is 443 g/mol. The number of nitrogens with zero attached hydrogens (tertiary/aromatic N) is 1. The first-order valence-corrected chi connectivity index (χ1v) is 11.2. The van der Waals surface area contributed by atoms with E-state index in [0.717, 1.165) is 36.6 Å². The highest BCUT2D eigenvalue weighted by Gasteiger charge is 2.13. The SMILES string of the molecule is COc1ccc(CCNC(=O)COc2cc3sc(C)nc3c3sccc23)cc1OC. The van der Waals surface area contributed by atoms with Crippen LogP contribution in [0.4, 0.5) is 0 Å². The number of ether oxygens (including phenoxy) is 3. The zero-order chi connectivity index (χ0) is 21.1. The quantitative estimate of drug-likeness (QED) is 0.433. The number of nitrogens with one attached hydrogen (secondary N) is 1. The molecule has 0 atom stereocenters. The van der Waals surface area contributed by atoms with E-state index in [1.165, 1.54) is 0 Å². The fraction of sp³-hybridized carbons (Fsp3) is 0.273. The molecule has 156 valence electrons. The maximum Gasteiger partial charge on any atom is 0.257 e. The van der Waals surface area contributed by atoms with Gasteiger partial charge in [0.1, 0.15) is 5.75 Å².